The van der Waals surface area contributed by atoms with Crippen LogP contribution < -0.4 is 4.90 Å². The van der Waals surface area contributed by atoms with Gasteiger partial charge in [-0.1, -0.05) is 6.92 Å². The third kappa shape index (κ3) is 4.80. The first-order valence-corrected chi connectivity index (χ1v) is 7.59. The van der Waals surface area contributed by atoms with Crippen LogP contribution in [0.2, 0.25) is 0 Å². The Morgan fingerprint density at radius 1 is 1.30 bits per heavy atom. The second kappa shape index (κ2) is 7.14. The molecule has 1 aromatic heterocycles. The number of nitrogens with zero attached hydrogens (tertiary/aromatic N) is 4. The Bertz CT molecular complexity index is 520. The van der Waals surface area contributed by atoms with Gasteiger partial charge in [-0.2, -0.15) is 13.2 Å². The Labute approximate surface area is 133 Å². The predicted octanol–water partition coefficient (Wildman–Crippen LogP) is 2.44. The minimum atomic E-state index is -4.43. The van der Waals surface area contributed by atoms with E-state index in [0.717, 1.165) is 38.2 Å². The number of aromatic nitrogens is 2. The number of amides is 1. The molecule has 2 atom stereocenters. The number of carbonyl (C=O) groups excluding carboxylic acids is 1. The molecule has 1 saturated heterocycles. The molecule has 128 valence electrons. The smallest absolute Gasteiger partial charge is 0.345 e. The highest BCUT2D eigenvalue weighted by Crippen LogP contribution is 2.28. The van der Waals surface area contributed by atoms with Crippen molar-refractivity contribution < 1.29 is 18.0 Å². The molecule has 1 aliphatic rings. The molecule has 1 fully saturated rings. The van der Waals surface area contributed by atoms with Gasteiger partial charge in [0, 0.05) is 39.1 Å². The normalized spacial score (nSPS) is 22.6. The molecular weight excluding hydrogens is 309 g/mol. The van der Waals surface area contributed by atoms with Gasteiger partial charge in [-0.05, 0) is 24.7 Å². The molecule has 2 rings (SSSR count). The molecule has 0 bridgehead atoms. The number of halogens is 3. The SMILES string of the molecule is C[C@H]1CC[C@@H](CN(C)c2ncc(C(F)(F)F)cn2)CN(C=O)C1. The molecule has 0 N–H and O–H groups in total. The lowest BCUT2D eigenvalue weighted by Gasteiger charge is -2.25. The lowest BCUT2D eigenvalue weighted by molar-refractivity contribution is -0.138. The van der Waals surface area contributed by atoms with Crippen LogP contribution in [0.3, 0.4) is 0 Å². The Hall–Kier alpha value is -1.86. The summed E-state index contributed by atoms with van der Waals surface area (Å²) in [6.45, 7) is 4.11. The van der Waals surface area contributed by atoms with Crippen molar-refractivity contribution in [2.75, 3.05) is 31.6 Å². The minimum Gasteiger partial charge on any atom is -0.345 e. The van der Waals surface area contributed by atoms with Gasteiger partial charge in [0.2, 0.25) is 12.4 Å². The van der Waals surface area contributed by atoms with E-state index in [4.69, 9.17) is 0 Å². The number of hydrogen-bond acceptors (Lipinski definition) is 4. The molecule has 8 heteroatoms. The summed E-state index contributed by atoms with van der Waals surface area (Å²) in [5.74, 6) is 0.965. The van der Waals surface area contributed by atoms with Crippen molar-refractivity contribution >= 4 is 12.4 Å². The van der Waals surface area contributed by atoms with E-state index in [0.29, 0.717) is 19.0 Å². The molecule has 0 radical (unpaired) electrons. The van der Waals surface area contributed by atoms with Crippen LogP contribution in [0.4, 0.5) is 19.1 Å². The Balaban J connectivity index is 2.00. The van der Waals surface area contributed by atoms with E-state index >= 15 is 0 Å². The molecule has 0 saturated carbocycles. The lowest BCUT2D eigenvalue weighted by atomic mass is 9.99. The zero-order valence-corrected chi connectivity index (χ0v) is 13.3. The predicted molar refractivity (Wildman–Crippen MR) is 79.8 cm³/mol. The number of carbonyl (C=O) groups is 1. The molecule has 0 spiro atoms. The summed E-state index contributed by atoms with van der Waals surface area (Å²) in [6, 6.07) is 0. The second-order valence-corrected chi connectivity index (χ2v) is 6.26. The van der Waals surface area contributed by atoms with Crippen LogP contribution in [-0.4, -0.2) is 48.0 Å². The van der Waals surface area contributed by atoms with Crippen LogP contribution in [-0.2, 0) is 11.0 Å². The molecule has 1 aliphatic heterocycles. The number of alkyl halides is 3. The summed E-state index contributed by atoms with van der Waals surface area (Å²) in [4.78, 5) is 22.2. The summed E-state index contributed by atoms with van der Waals surface area (Å²) in [7, 11) is 1.75. The van der Waals surface area contributed by atoms with Crippen molar-refractivity contribution in [3.05, 3.63) is 18.0 Å². The highest BCUT2D eigenvalue weighted by atomic mass is 19.4. The maximum absolute atomic E-state index is 12.5. The van der Waals surface area contributed by atoms with E-state index < -0.39 is 11.7 Å². The van der Waals surface area contributed by atoms with Gasteiger partial charge in [0.05, 0.1) is 5.56 Å². The average molecular weight is 330 g/mol. The van der Waals surface area contributed by atoms with Crippen LogP contribution in [0.5, 0.6) is 0 Å². The lowest BCUT2D eigenvalue weighted by Crippen LogP contribution is -2.34. The molecule has 2 heterocycles. The monoisotopic (exact) mass is 330 g/mol. The van der Waals surface area contributed by atoms with Crippen molar-refractivity contribution in [1.29, 1.82) is 0 Å². The largest absolute Gasteiger partial charge is 0.419 e. The molecule has 0 unspecified atom stereocenters. The Kier molecular flexibility index (Phi) is 5.43. The van der Waals surface area contributed by atoms with Gasteiger partial charge < -0.3 is 9.80 Å². The number of anilines is 1. The van der Waals surface area contributed by atoms with Gasteiger partial charge in [0.15, 0.2) is 0 Å². The fraction of sp³-hybridized carbons (Fsp3) is 0.667. The van der Waals surface area contributed by atoms with Gasteiger partial charge in [-0.3, -0.25) is 4.79 Å². The van der Waals surface area contributed by atoms with Crippen molar-refractivity contribution in [1.82, 2.24) is 14.9 Å². The highest BCUT2D eigenvalue weighted by molar-refractivity contribution is 5.47. The number of rotatable bonds is 4. The number of hydrogen-bond donors (Lipinski definition) is 0. The van der Waals surface area contributed by atoms with Gasteiger partial charge in [0.25, 0.3) is 0 Å². The zero-order valence-electron chi connectivity index (χ0n) is 13.3. The zero-order chi connectivity index (χ0) is 17.0. The minimum absolute atomic E-state index is 0.251. The van der Waals surface area contributed by atoms with E-state index in [2.05, 4.69) is 16.9 Å². The molecule has 1 aromatic rings. The molecule has 1 amide bonds. The van der Waals surface area contributed by atoms with E-state index in [9.17, 15) is 18.0 Å². The van der Waals surface area contributed by atoms with Crippen molar-refractivity contribution in [3.8, 4) is 0 Å². The van der Waals surface area contributed by atoms with Crippen LogP contribution >= 0.6 is 0 Å². The Morgan fingerprint density at radius 2 is 1.96 bits per heavy atom. The first-order valence-electron chi connectivity index (χ1n) is 7.59. The highest BCUT2D eigenvalue weighted by Gasteiger charge is 2.31. The van der Waals surface area contributed by atoms with E-state index in [1.54, 1.807) is 16.8 Å². The van der Waals surface area contributed by atoms with Crippen LogP contribution in [0.25, 0.3) is 0 Å². The maximum Gasteiger partial charge on any atom is 0.419 e. The Morgan fingerprint density at radius 3 is 2.52 bits per heavy atom. The van der Waals surface area contributed by atoms with E-state index in [-0.39, 0.29) is 11.9 Å². The first kappa shape index (κ1) is 17.5. The van der Waals surface area contributed by atoms with Crippen molar-refractivity contribution in [3.63, 3.8) is 0 Å². The fourth-order valence-electron chi connectivity index (χ4n) is 2.88. The summed E-state index contributed by atoms with van der Waals surface area (Å²) in [5.41, 5.74) is -0.856. The van der Waals surface area contributed by atoms with Crippen LogP contribution in [0.15, 0.2) is 12.4 Å². The molecule has 0 aliphatic carbocycles. The van der Waals surface area contributed by atoms with Gasteiger partial charge in [-0.15, -0.1) is 0 Å². The van der Waals surface area contributed by atoms with E-state index in [1.165, 1.54) is 0 Å². The summed E-state index contributed by atoms with van der Waals surface area (Å²) in [6.07, 6.45) is 0.0209. The van der Waals surface area contributed by atoms with Crippen molar-refractivity contribution in [2.45, 2.75) is 25.9 Å². The topological polar surface area (TPSA) is 49.3 Å². The second-order valence-electron chi connectivity index (χ2n) is 6.26. The quantitative estimate of drug-likeness (QED) is 0.796. The summed E-state index contributed by atoms with van der Waals surface area (Å²) < 4.78 is 37.6. The average Bonchev–Trinajstić information content (AvgIpc) is 2.68. The standard InChI is InChI=1S/C15H21F3N4O/c1-11-3-4-12(9-22(7-11)10-23)8-21(2)14-19-5-13(6-20-14)15(16,17)18/h5-6,10-12H,3-4,7-9H2,1-2H3/t11-,12-/m0/s1. The molecule has 0 aromatic carbocycles. The third-order valence-electron chi connectivity index (χ3n) is 4.09. The summed E-state index contributed by atoms with van der Waals surface area (Å²) >= 11 is 0. The molecule has 23 heavy (non-hydrogen) atoms. The van der Waals surface area contributed by atoms with E-state index in [1.807, 2.05) is 0 Å². The van der Waals surface area contributed by atoms with Crippen LogP contribution in [0, 0.1) is 11.8 Å². The molecule has 5 nitrogen and oxygen atoms in total. The number of likely N-dealkylation sites (tertiary alicyclic amines) is 1. The fourth-order valence-corrected chi connectivity index (χ4v) is 2.88. The van der Waals surface area contributed by atoms with Crippen LogP contribution in [0.1, 0.15) is 25.3 Å². The molecular formula is C15H21F3N4O. The summed E-state index contributed by atoms with van der Waals surface area (Å²) in [5, 5.41) is 0. The third-order valence-corrected chi connectivity index (χ3v) is 4.09. The van der Waals surface area contributed by atoms with Gasteiger partial charge >= 0.3 is 6.18 Å². The maximum atomic E-state index is 12.5. The van der Waals surface area contributed by atoms with Gasteiger partial charge in [-0.25, -0.2) is 9.97 Å². The van der Waals surface area contributed by atoms with Crippen molar-refractivity contribution in [2.24, 2.45) is 11.8 Å². The van der Waals surface area contributed by atoms with Gasteiger partial charge in [0.1, 0.15) is 0 Å². The first-order chi connectivity index (χ1) is 10.8.